The van der Waals surface area contributed by atoms with E-state index in [2.05, 4.69) is 6.07 Å². The number of hydrogen-bond acceptors (Lipinski definition) is 4. The monoisotopic (exact) mass is 359 g/mol. The minimum atomic E-state index is -0.515. The fourth-order valence-corrected chi connectivity index (χ4v) is 3.27. The van der Waals surface area contributed by atoms with Gasteiger partial charge in [0.1, 0.15) is 5.60 Å². The number of hydrogen-bond donors (Lipinski definition) is 0. The third kappa shape index (κ3) is 4.87. The van der Waals surface area contributed by atoms with Crippen molar-refractivity contribution < 1.29 is 19.1 Å². The SMILES string of the molecule is CCOC(=O)/C=C/c1ccc2c(c1)CC(C)N(C(=O)OC(C)(C)C)C2C. The predicted molar refractivity (Wildman–Crippen MR) is 102 cm³/mol. The molecular weight excluding hydrogens is 330 g/mol. The van der Waals surface area contributed by atoms with E-state index in [1.807, 2.05) is 51.7 Å². The quantitative estimate of drug-likeness (QED) is 0.589. The van der Waals surface area contributed by atoms with Gasteiger partial charge >= 0.3 is 12.1 Å². The number of esters is 1. The van der Waals surface area contributed by atoms with Crippen LogP contribution in [0.1, 0.15) is 64.3 Å². The van der Waals surface area contributed by atoms with Gasteiger partial charge < -0.3 is 9.47 Å². The predicted octanol–water partition coefficient (Wildman–Crippen LogP) is 4.51. The highest BCUT2D eigenvalue weighted by molar-refractivity contribution is 5.87. The summed E-state index contributed by atoms with van der Waals surface area (Å²) in [5, 5.41) is 0. The highest BCUT2D eigenvalue weighted by atomic mass is 16.6. The molecule has 2 atom stereocenters. The van der Waals surface area contributed by atoms with Crippen LogP contribution in [0, 0.1) is 0 Å². The van der Waals surface area contributed by atoms with E-state index in [0.29, 0.717) is 6.61 Å². The Morgan fingerprint density at radius 1 is 1.27 bits per heavy atom. The summed E-state index contributed by atoms with van der Waals surface area (Å²) >= 11 is 0. The zero-order valence-electron chi connectivity index (χ0n) is 16.5. The Balaban J connectivity index is 2.21. The van der Waals surface area contributed by atoms with Gasteiger partial charge in [-0.3, -0.25) is 4.90 Å². The summed E-state index contributed by atoms with van der Waals surface area (Å²) in [6.07, 6.45) is 3.66. The van der Waals surface area contributed by atoms with E-state index in [9.17, 15) is 9.59 Å². The molecular formula is C21H29NO4. The zero-order valence-corrected chi connectivity index (χ0v) is 16.5. The maximum atomic E-state index is 12.6. The second-order valence-electron chi connectivity index (χ2n) is 7.66. The fourth-order valence-electron chi connectivity index (χ4n) is 3.27. The van der Waals surface area contributed by atoms with E-state index in [0.717, 1.165) is 17.5 Å². The number of amides is 1. The minimum Gasteiger partial charge on any atom is -0.463 e. The Bertz CT molecular complexity index is 702. The van der Waals surface area contributed by atoms with Crippen molar-refractivity contribution in [3.63, 3.8) is 0 Å². The molecule has 2 rings (SSSR count). The van der Waals surface area contributed by atoms with Gasteiger partial charge in [0.25, 0.3) is 0 Å². The Labute approximate surface area is 156 Å². The second-order valence-corrected chi connectivity index (χ2v) is 7.66. The van der Waals surface area contributed by atoms with Gasteiger partial charge in [-0.15, -0.1) is 0 Å². The van der Waals surface area contributed by atoms with Crippen LogP contribution in [-0.4, -0.2) is 35.2 Å². The topological polar surface area (TPSA) is 55.8 Å². The van der Waals surface area contributed by atoms with Gasteiger partial charge in [0.05, 0.1) is 12.6 Å². The first kappa shape index (κ1) is 20.0. The summed E-state index contributed by atoms with van der Waals surface area (Å²) in [6.45, 7) is 11.8. The third-order valence-corrected chi connectivity index (χ3v) is 4.33. The molecule has 0 bridgehead atoms. The summed E-state index contributed by atoms with van der Waals surface area (Å²) in [5.41, 5.74) is 2.73. The van der Waals surface area contributed by atoms with Gasteiger partial charge in [0, 0.05) is 12.1 Å². The molecule has 0 aliphatic carbocycles. The van der Waals surface area contributed by atoms with Crippen LogP contribution in [0.15, 0.2) is 24.3 Å². The van der Waals surface area contributed by atoms with E-state index >= 15 is 0 Å². The van der Waals surface area contributed by atoms with Crippen LogP contribution in [0.25, 0.3) is 6.08 Å². The maximum Gasteiger partial charge on any atom is 0.411 e. The molecule has 0 radical (unpaired) electrons. The molecule has 2 unspecified atom stereocenters. The molecule has 0 saturated carbocycles. The minimum absolute atomic E-state index is 0.0386. The van der Waals surface area contributed by atoms with Crippen LogP contribution in [0.5, 0.6) is 0 Å². The molecule has 0 saturated heterocycles. The van der Waals surface area contributed by atoms with E-state index in [4.69, 9.17) is 9.47 Å². The lowest BCUT2D eigenvalue weighted by molar-refractivity contribution is -0.137. The van der Waals surface area contributed by atoms with Gasteiger partial charge in [-0.05, 0) is 70.7 Å². The summed E-state index contributed by atoms with van der Waals surface area (Å²) in [4.78, 5) is 25.9. The molecule has 1 heterocycles. The van der Waals surface area contributed by atoms with Crippen LogP contribution in [0.2, 0.25) is 0 Å². The number of nitrogens with zero attached hydrogens (tertiary/aromatic N) is 1. The van der Waals surface area contributed by atoms with Gasteiger partial charge in [0.15, 0.2) is 0 Å². The lowest BCUT2D eigenvalue weighted by atomic mass is 9.88. The average Bonchev–Trinajstić information content (AvgIpc) is 2.51. The zero-order chi connectivity index (χ0) is 19.5. The Morgan fingerprint density at radius 2 is 1.96 bits per heavy atom. The highest BCUT2D eigenvalue weighted by Gasteiger charge is 2.35. The number of fused-ring (bicyclic) bond motifs is 1. The van der Waals surface area contributed by atoms with E-state index in [-0.39, 0.29) is 24.1 Å². The molecule has 142 valence electrons. The second kappa shape index (κ2) is 7.94. The van der Waals surface area contributed by atoms with Crippen LogP contribution in [0.3, 0.4) is 0 Å². The number of rotatable bonds is 3. The average molecular weight is 359 g/mol. The summed E-state index contributed by atoms with van der Waals surface area (Å²) < 4.78 is 10.5. The molecule has 0 N–H and O–H groups in total. The van der Waals surface area contributed by atoms with Crippen molar-refractivity contribution in [2.75, 3.05) is 6.61 Å². The van der Waals surface area contributed by atoms with Crippen molar-refractivity contribution in [1.82, 2.24) is 4.90 Å². The van der Waals surface area contributed by atoms with Gasteiger partial charge in [-0.25, -0.2) is 9.59 Å². The van der Waals surface area contributed by atoms with E-state index in [1.165, 1.54) is 11.6 Å². The van der Waals surface area contributed by atoms with Crippen molar-refractivity contribution in [2.24, 2.45) is 0 Å². The smallest absolute Gasteiger partial charge is 0.411 e. The van der Waals surface area contributed by atoms with Crippen molar-refractivity contribution in [2.45, 2.75) is 65.6 Å². The normalized spacial score (nSPS) is 20.0. The maximum absolute atomic E-state index is 12.6. The molecule has 0 spiro atoms. The molecule has 1 aromatic carbocycles. The standard InChI is InChI=1S/C21H29NO4/c1-7-25-19(23)11-9-16-8-10-18-15(3)22(14(2)12-17(18)13-16)20(24)26-21(4,5)6/h8-11,13-15H,7,12H2,1-6H3/b11-9+. The highest BCUT2D eigenvalue weighted by Crippen LogP contribution is 2.34. The van der Waals surface area contributed by atoms with Crippen LogP contribution in [-0.2, 0) is 20.7 Å². The molecule has 1 aliphatic heterocycles. The molecule has 1 aromatic rings. The third-order valence-electron chi connectivity index (χ3n) is 4.33. The van der Waals surface area contributed by atoms with Gasteiger partial charge in [0.2, 0.25) is 0 Å². The van der Waals surface area contributed by atoms with E-state index < -0.39 is 5.60 Å². The molecule has 1 amide bonds. The Hall–Kier alpha value is -2.30. The van der Waals surface area contributed by atoms with Crippen molar-refractivity contribution in [3.8, 4) is 0 Å². The van der Waals surface area contributed by atoms with Crippen molar-refractivity contribution in [1.29, 1.82) is 0 Å². The summed E-state index contributed by atoms with van der Waals surface area (Å²) in [6, 6.07) is 6.02. The summed E-state index contributed by atoms with van der Waals surface area (Å²) in [5.74, 6) is -0.344. The largest absolute Gasteiger partial charge is 0.463 e. The number of benzene rings is 1. The lowest BCUT2D eigenvalue weighted by Gasteiger charge is -2.40. The molecule has 0 aromatic heterocycles. The van der Waals surface area contributed by atoms with Crippen molar-refractivity contribution >= 4 is 18.1 Å². The number of ether oxygens (including phenoxy) is 2. The van der Waals surface area contributed by atoms with Crippen LogP contribution in [0.4, 0.5) is 4.79 Å². The van der Waals surface area contributed by atoms with Crippen LogP contribution >= 0.6 is 0 Å². The van der Waals surface area contributed by atoms with Gasteiger partial charge in [-0.1, -0.05) is 18.2 Å². The molecule has 5 nitrogen and oxygen atoms in total. The Morgan fingerprint density at radius 3 is 2.58 bits per heavy atom. The molecule has 26 heavy (non-hydrogen) atoms. The van der Waals surface area contributed by atoms with Crippen molar-refractivity contribution in [3.05, 3.63) is 41.0 Å². The molecule has 5 heteroatoms. The molecule has 1 aliphatic rings. The first-order valence-corrected chi connectivity index (χ1v) is 9.11. The first-order chi connectivity index (χ1) is 12.1. The van der Waals surface area contributed by atoms with E-state index in [1.54, 1.807) is 13.0 Å². The summed E-state index contributed by atoms with van der Waals surface area (Å²) in [7, 11) is 0. The van der Waals surface area contributed by atoms with Gasteiger partial charge in [-0.2, -0.15) is 0 Å². The Kier molecular flexibility index (Phi) is 6.11. The molecule has 0 fully saturated rings. The fraction of sp³-hybridized carbons (Fsp3) is 0.524. The number of carbonyl (C=O) groups excluding carboxylic acids is 2. The van der Waals surface area contributed by atoms with Crippen LogP contribution < -0.4 is 0 Å². The lowest BCUT2D eigenvalue weighted by Crippen LogP contribution is -2.47. The first-order valence-electron chi connectivity index (χ1n) is 9.11. The number of carbonyl (C=O) groups is 2.